The van der Waals surface area contributed by atoms with E-state index >= 15 is 4.39 Å². The van der Waals surface area contributed by atoms with Gasteiger partial charge in [0.15, 0.2) is 0 Å². The number of sulfonamides is 1. The number of carbonyl (C=O) groups excluding carboxylic acids is 1. The zero-order chi connectivity index (χ0) is 29.0. The number of anilines is 2. The van der Waals surface area contributed by atoms with E-state index in [1.807, 2.05) is 37.7 Å². The number of amides is 1. The minimum absolute atomic E-state index is 0.0213. The van der Waals surface area contributed by atoms with Crippen LogP contribution in [-0.2, 0) is 21.2 Å². The lowest BCUT2D eigenvalue weighted by atomic mass is 10.0. The van der Waals surface area contributed by atoms with Gasteiger partial charge < -0.3 is 19.1 Å². The van der Waals surface area contributed by atoms with Crippen LogP contribution in [0.4, 0.5) is 20.6 Å². The van der Waals surface area contributed by atoms with Crippen molar-refractivity contribution in [1.29, 1.82) is 0 Å². The third-order valence-electron chi connectivity index (χ3n) is 7.64. The number of likely N-dealkylation sites (tertiary alicyclic amines) is 1. The average Bonchev–Trinajstić information content (AvgIpc) is 3.43. The molecular weight excluding hydrogens is 533 g/mol. The number of nitrogens with zero attached hydrogens (tertiary/aromatic N) is 4. The van der Waals surface area contributed by atoms with Crippen molar-refractivity contribution in [2.24, 2.45) is 0 Å². The summed E-state index contributed by atoms with van der Waals surface area (Å²) in [6.07, 6.45) is 4.35. The second-order valence-corrected chi connectivity index (χ2v) is 14.0. The summed E-state index contributed by atoms with van der Waals surface area (Å²) in [6.45, 7) is 10.8. The number of nitrogens with one attached hydrogen (secondary N) is 1. The molecule has 0 atom stereocenters. The Balaban J connectivity index is 1.48. The molecule has 3 aromatic rings. The van der Waals surface area contributed by atoms with E-state index in [1.54, 1.807) is 44.0 Å². The van der Waals surface area contributed by atoms with Crippen molar-refractivity contribution in [3.63, 3.8) is 0 Å². The molecule has 5 rings (SSSR count). The van der Waals surface area contributed by atoms with Crippen LogP contribution in [-0.4, -0.2) is 66.5 Å². The standard InChI is InChI=1S/C29H38FN5O4S/c1-18(2)35-17-22(21-16-25-19(15-23(21)30)8-12-33(25)6)26-24(7-11-31-27(26)35)32-40(37,38)20-9-13-34(14-10-20)28(36)39-29(3,4)5/h7,11,15-18,20H,8-10,12-14H2,1-6H3,(H,31,32). The zero-order valence-corrected chi connectivity index (χ0v) is 24.8. The zero-order valence-electron chi connectivity index (χ0n) is 24.0. The number of benzene rings is 1. The van der Waals surface area contributed by atoms with Gasteiger partial charge >= 0.3 is 6.09 Å². The highest BCUT2D eigenvalue weighted by Crippen LogP contribution is 2.41. The molecule has 1 fully saturated rings. The molecule has 0 aliphatic carbocycles. The van der Waals surface area contributed by atoms with Gasteiger partial charge in [-0.2, -0.15) is 0 Å². The third-order valence-corrected chi connectivity index (χ3v) is 9.49. The number of hydrogen-bond donors (Lipinski definition) is 1. The van der Waals surface area contributed by atoms with E-state index in [4.69, 9.17) is 4.74 Å². The van der Waals surface area contributed by atoms with E-state index in [2.05, 4.69) is 14.6 Å². The number of rotatable bonds is 5. The van der Waals surface area contributed by atoms with E-state index in [9.17, 15) is 13.2 Å². The van der Waals surface area contributed by atoms with Crippen LogP contribution in [0.25, 0.3) is 22.2 Å². The monoisotopic (exact) mass is 571 g/mol. The first-order chi connectivity index (χ1) is 18.7. The lowest BCUT2D eigenvalue weighted by Gasteiger charge is -2.33. The Bertz CT molecular complexity index is 1550. The summed E-state index contributed by atoms with van der Waals surface area (Å²) in [7, 11) is -1.83. The number of hydrogen-bond acceptors (Lipinski definition) is 6. The fourth-order valence-electron chi connectivity index (χ4n) is 5.55. The van der Waals surface area contributed by atoms with Gasteiger partial charge in [-0.05, 0) is 77.6 Å². The molecule has 1 aromatic carbocycles. The van der Waals surface area contributed by atoms with Gasteiger partial charge in [-0.3, -0.25) is 4.72 Å². The predicted molar refractivity (Wildman–Crippen MR) is 156 cm³/mol. The third kappa shape index (κ3) is 5.35. The maximum Gasteiger partial charge on any atom is 0.410 e. The molecule has 0 spiro atoms. The molecule has 2 aliphatic heterocycles. The highest BCUT2D eigenvalue weighted by atomic mass is 32.2. The van der Waals surface area contributed by atoms with Crippen molar-refractivity contribution < 1.29 is 22.3 Å². The number of pyridine rings is 1. The predicted octanol–water partition coefficient (Wildman–Crippen LogP) is 5.56. The smallest absolute Gasteiger partial charge is 0.410 e. The van der Waals surface area contributed by atoms with Crippen LogP contribution < -0.4 is 9.62 Å². The fourth-order valence-corrected chi connectivity index (χ4v) is 7.02. The SMILES string of the molecule is CC(C)n1cc(-c2cc3c(cc2F)CCN3C)c2c(NS(=O)(=O)C3CCN(C(=O)OC(C)(C)C)CC3)ccnc21. The van der Waals surface area contributed by atoms with Crippen LogP contribution in [0, 0.1) is 5.82 Å². The van der Waals surface area contributed by atoms with Crippen molar-refractivity contribution in [1.82, 2.24) is 14.5 Å². The highest BCUT2D eigenvalue weighted by Gasteiger charge is 2.34. The summed E-state index contributed by atoms with van der Waals surface area (Å²) in [6, 6.07) is 5.09. The lowest BCUT2D eigenvalue weighted by Crippen LogP contribution is -2.45. The Morgan fingerprint density at radius 2 is 1.85 bits per heavy atom. The molecule has 0 bridgehead atoms. The van der Waals surface area contributed by atoms with E-state index in [1.165, 1.54) is 0 Å². The van der Waals surface area contributed by atoms with Crippen LogP contribution in [0.5, 0.6) is 0 Å². The van der Waals surface area contributed by atoms with Crippen molar-refractivity contribution in [3.05, 3.63) is 42.0 Å². The maximum absolute atomic E-state index is 15.5. The summed E-state index contributed by atoms with van der Waals surface area (Å²) >= 11 is 0. The summed E-state index contributed by atoms with van der Waals surface area (Å²) in [5.41, 5.74) is 3.27. The van der Waals surface area contributed by atoms with E-state index in [-0.39, 0.29) is 37.8 Å². The molecular formula is C29H38FN5O4S. The van der Waals surface area contributed by atoms with Gasteiger partial charge in [-0.25, -0.2) is 22.6 Å². The Hall–Kier alpha value is -3.34. The molecule has 4 heterocycles. The largest absolute Gasteiger partial charge is 0.444 e. The van der Waals surface area contributed by atoms with Gasteiger partial charge in [0.2, 0.25) is 10.0 Å². The first kappa shape index (κ1) is 28.2. The Morgan fingerprint density at radius 3 is 2.50 bits per heavy atom. The molecule has 11 heteroatoms. The topological polar surface area (TPSA) is 96.8 Å². The van der Waals surface area contributed by atoms with Gasteiger partial charge in [0.1, 0.15) is 17.1 Å². The first-order valence-electron chi connectivity index (χ1n) is 13.8. The second kappa shape index (κ2) is 10.2. The van der Waals surface area contributed by atoms with Gasteiger partial charge in [0, 0.05) is 61.9 Å². The number of carbonyl (C=O) groups is 1. The number of aromatic nitrogens is 2. The molecule has 1 amide bonds. The lowest BCUT2D eigenvalue weighted by molar-refractivity contribution is 0.0217. The Kier molecular flexibility index (Phi) is 7.22. The van der Waals surface area contributed by atoms with E-state index < -0.39 is 27.0 Å². The van der Waals surface area contributed by atoms with Gasteiger partial charge in [0.05, 0.1) is 16.3 Å². The molecule has 1 N–H and O–H groups in total. The Morgan fingerprint density at radius 1 is 1.15 bits per heavy atom. The van der Waals surface area contributed by atoms with Crippen LogP contribution >= 0.6 is 0 Å². The van der Waals surface area contributed by atoms with Crippen molar-refractivity contribution in [2.75, 3.05) is 36.3 Å². The quantitative estimate of drug-likeness (QED) is 0.431. The van der Waals surface area contributed by atoms with Crippen LogP contribution in [0.2, 0.25) is 0 Å². The van der Waals surface area contributed by atoms with Gasteiger partial charge in [-0.15, -0.1) is 0 Å². The number of piperidine rings is 1. The number of ether oxygens (including phenoxy) is 1. The molecule has 0 radical (unpaired) electrons. The molecule has 0 unspecified atom stereocenters. The second-order valence-electron chi connectivity index (χ2n) is 12.0. The molecule has 1 saturated heterocycles. The average molecular weight is 572 g/mol. The Labute approximate surface area is 235 Å². The fraction of sp³-hybridized carbons (Fsp3) is 0.517. The van der Waals surface area contributed by atoms with Gasteiger partial charge in [-0.1, -0.05) is 0 Å². The van der Waals surface area contributed by atoms with Crippen LogP contribution in [0.3, 0.4) is 0 Å². The summed E-state index contributed by atoms with van der Waals surface area (Å²) in [5.74, 6) is -0.343. The minimum Gasteiger partial charge on any atom is -0.444 e. The highest BCUT2D eigenvalue weighted by molar-refractivity contribution is 7.93. The summed E-state index contributed by atoms with van der Waals surface area (Å²) in [4.78, 5) is 20.7. The van der Waals surface area contributed by atoms with Crippen molar-refractivity contribution in [3.8, 4) is 11.1 Å². The molecule has 216 valence electrons. The molecule has 0 saturated carbocycles. The maximum atomic E-state index is 15.5. The summed E-state index contributed by atoms with van der Waals surface area (Å²) in [5, 5.41) is -0.124. The number of likely N-dealkylation sites (N-methyl/N-ethyl adjacent to an activating group) is 1. The molecule has 2 aliphatic rings. The molecule has 40 heavy (non-hydrogen) atoms. The normalized spacial score (nSPS) is 16.6. The number of halogens is 1. The minimum atomic E-state index is -3.82. The van der Waals surface area contributed by atoms with Crippen LogP contribution in [0.1, 0.15) is 59.1 Å². The van der Waals surface area contributed by atoms with Crippen LogP contribution in [0.15, 0.2) is 30.6 Å². The molecule has 9 nitrogen and oxygen atoms in total. The number of fused-ring (bicyclic) bond motifs is 2. The van der Waals surface area contributed by atoms with E-state index in [0.717, 1.165) is 24.2 Å². The molecule has 2 aromatic heterocycles. The van der Waals surface area contributed by atoms with Crippen molar-refractivity contribution in [2.45, 2.75) is 70.8 Å². The van der Waals surface area contributed by atoms with E-state index in [0.29, 0.717) is 27.8 Å². The summed E-state index contributed by atoms with van der Waals surface area (Å²) < 4.78 is 52.9. The van der Waals surface area contributed by atoms with Gasteiger partial charge in [0.25, 0.3) is 0 Å². The van der Waals surface area contributed by atoms with Crippen molar-refractivity contribution >= 4 is 38.5 Å². The first-order valence-corrected chi connectivity index (χ1v) is 15.3.